The third kappa shape index (κ3) is 5.54. The van der Waals surface area contributed by atoms with Gasteiger partial charge in [-0.2, -0.15) is 0 Å². The average Bonchev–Trinajstić information content (AvgIpc) is 3.14. The number of hydrogen-bond acceptors (Lipinski definition) is 5. The first-order valence-corrected chi connectivity index (χ1v) is 11.5. The Morgan fingerprint density at radius 2 is 1.74 bits per heavy atom. The first-order valence-electron chi connectivity index (χ1n) is 9.48. The molecule has 0 radical (unpaired) electrons. The molecular formula is C21H22Cl3N5OS. The van der Waals surface area contributed by atoms with Crippen molar-refractivity contribution in [2.45, 2.75) is 30.3 Å². The van der Waals surface area contributed by atoms with Gasteiger partial charge < -0.3 is 5.32 Å². The molecule has 10 heteroatoms. The van der Waals surface area contributed by atoms with Crippen LogP contribution in [-0.2, 0) is 4.79 Å². The summed E-state index contributed by atoms with van der Waals surface area (Å²) in [5, 5.41) is 13.1. The lowest BCUT2D eigenvalue weighted by Gasteiger charge is -2.21. The van der Waals surface area contributed by atoms with E-state index in [1.165, 1.54) is 11.8 Å². The van der Waals surface area contributed by atoms with Gasteiger partial charge in [0.25, 0.3) is 0 Å². The lowest BCUT2D eigenvalue weighted by molar-refractivity contribution is -0.115. The number of amides is 1. The Hall–Kier alpha value is -1.77. The Morgan fingerprint density at radius 1 is 1.06 bits per heavy atom. The Bertz CT molecular complexity index is 1070. The van der Waals surface area contributed by atoms with Crippen LogP contribution >= 0.6 is 46.6 Å². The average molecular weight is 499 g/mol. The maximum atomic E-state index is 12.8. The second-order valence-electron chi connectivity index (χ2n) is 7.14. The van der Waals surface area contributed by atoms with Gasteiger partial charge in [0.1, 0.15) is 0 Å². The third-order valence-electron chi connectivity index (χ3n) is 4.75. The van der Waals surface area contributed by atoms with Crippen molar-refractivity contribution in [2.75, 3.05) is 19.4 Å². The van der Waals surface area contributed by atoms with Gasteiger partial charge in [-0.1, -0.05) is 52.6 Å². The summed E-state index contributed by atoms with van der Waals surface area (Å²) >= 11 is 19.6. The fourth-order valence-electron chi connectivity index (χ4n) is 2.74. The number of benzene rings is 2. The summed E-state index contributed by atoms with van der Waals surface area (Å²) in [6.45, 7) is 3.84. The highest BCUT2D eigenvalue weighted by Gasteiger charge is 2.25. The highest BCUT2D eigenvalue weighted by atomic mass is 35.5. The van der Waals surface area contributed by atoms with Crippen molar-refractivity contribution in [3.63, 3.8) is 0 Å². The first kappa shape index (κ1) is 23.9. The molecule has 3 rings (SSSR count). The van der Waals surface area contributed by atoms with Crippen LogP contribution in [0, 0.1) is 0 Å². The van der Waals surface area contributed by atoms with Crippen LogP contribution in [0.25, 0.3) is 5.69 Å². The fraction of sp³-hybridized carbons (Fsp3) is 0.286. The molecule has 0 spiro atoms. The van der Waals surface area contributed by atoms with Gasteiger partial charge >= 0.3 is 0 Å². The number of anilines is 1. The summed E-state index contributed by atoms with van der Waals surface area (Å²) in [5.74, 6) is 0.544. The second-order valence-corrected chi connectivity index (χ2v) is 9.67. The van der Waals surface area contributed by atoms with Gasteiger partial charge in [0.05, 0.1) is 27.0 Å². The largest absolute Gasteiger partial charge is 0.324 e. The molecule has 0 saturated heterocycles. The van der Waals surface area contributed by atoms with E-state index in [1.54, 1.807) is 25.1 Å². The Balaban J connectivity index is 1.89. The minimum absolute atomic E-state index is 0.00641. The molecule has 0 saturated carbocycles. The smallest absolute Gasteiger partial charge is 0.237 e. The van der Waals surface area contributed by atoms with Crippen molar-refractivity contribution in [3.8, 4) is 5.69 Å². The molecule has 0 fully saturated rings. The number of nitrogens with zero attached hydrogens (tertiary/aromatic N) is 4. The molecule has 0 aliphatic rings. The molecule has 6 nitrogen and oxygen atoms in total. The van der Waals surface area contributed by atoms with Crippen molar-refractivity contribution in [1.82, 2.24) is 19.7 Å². The van der Waals surface area contributed by atoms with Gasteiger partial charge in [0.2, 0.25) is 5.91 Å². The molecule has 1 aromatic heterocycles. The fourth-order valence-corrected chi connectivity index (χ4v) is 4.09. The number of rotatable bonds is 7. The number of thioether (sulfide) groups is 1. The first-order chi connectivity index (χ1) is 14.7. The van der Waals surface area contributed by atoms with Crippen molar-refractivity contribution < 1.29 is 4.79 Å². The Morgan fingerprint density at radius 3 is 2.39 bits per heavy atom. The molecule has 31 heavy (non-hydrogen) atoms. The number of hydrogen-bond donors (Lipinski definition) is 1. The van der Waals surface area contributed by atoms with E-state index in [0.29, 0.717) is 25.9 Å². The van der Waals surface area contributed by atoms with E-state index in [2.05, 4.69) is 15.5 Å². The zero-order valence-corrected chi connectivity index (χ0v) is 20.5. The van der Waals surface area contributed by atoms with Crippen LogP contribution in [0.5, 0.6) is 0 Å². The molecule has 2 atom stereocenters. The second kappa shape index (κ2) is 10.2. The molecule has 164 valence electrons. The maximum absolute atomic E-state index is 12.8. The van der Waals surface area contributed by atoms with Gasteiger partial charge in [-0.15, -0.1) is 10.2 Å². The summed E-state index contributed by atoms with van der Waals surface area (Å²) in [7, 11) is 3.95. The number of carbonyl (C=O) groups is 1. The number of halogens is 3. The molecule has 1 N–H and O–H groups in total. The van der Waals surface area contributed by atoms with E-state index in [4.69, 9.17) is 34.8 Å². The Kier molecular flexibility index (Phi) is 7.88. The van der Waals surface area contributed by atoms with E-state index < -0.39 is 5.25 Å². The van der Waals surface area contributed by atoms with Gasteiger partial charge in [0.15, 0.2) is 11.0 Å². The van der Waals surface area contributed by atoms with Crippen molar-refractivity contribution in [1.29, 1.82) is 0 Å². The molecule has 0 aliphatic carbocycles. The van der Waals surface area contributed by atoms with Crippen LogP contribution in [-0.4, -0.2) is 44.9 Å². The monoisotopic (exact) mass is 497 g/mol. The lowest BCUT2D eigenvalue weighted by atomic mass is 10.2. The quantitative estimate of drug-likeness (QED) is 0.407. The van der Waals surface area contributed by atoms with Gasteiger partial charge in [-0.3, -0.25) is 14.3 Å². The normalized spacial score (nSPS) is 13.3. The van der Waals surface area contributed by atoms with Crippen LogP contribution < -0.4 is 5.32 Å². The Labute approximate surface area is 200 Å². The highest BCUT2D eigenvalue weighted by molar-refractivity contribution is 8.00. The highest BCUT2D eigenvalue weighted by Crippen LogP contribution is 2.32. The van der Waals surface area contributed by atoms with Crippen LogP contribution in [0.3, 0.4) is 0 Å². The minimum atomic E-state index is -0.465. The summed E-state index contributed by atoms with van der Waals surface area (Å²) in [6, 6.07) is 12.5. The minimum Gasteiger partial charge on any atom is -0.324 e. The molecule has 0 aliphatic heterocycles. The zero-order valence-electron chi connectivity index (χ0n) is 17.4. The van der Waals surface area contributed by atoms with Crippen molar-refractivity contribution >= 4 is 58.2 Å². The van der Waals surface area contributed by atoms with Gasteiger partial charge in [-0.05, 0) is 64.3 Å². The molecule has 2 aromatic carbocycles. The van der Waals surface area contributed by atoms with E-state index in [-0.39, 0.29) is 11.9 Å². The SMILES string of the molecule is CC(Sc1nnc(C(C)N(C)C)n1-c1ccc(Cl)cc1)C(=O)Nc1cccc(Cl)c1Cl. The van der Waals surface area contributed by atoms with Crippen LogP contribution in [0.2, 0.25) is 15.1 Å². The molecule has 1 heterocycles. The topological polar surface area (TPSA) is 63.1 Å². The zero-order chi connectivity index (χ0) is 22.7. The van der Waals surface area contributed by atoms with Crippen molar-refractivity contribution in [3.05, 3.63) is 63.4 Å². The van der Waals surface area contributed by atoms with Crippen LogP contribution in [0.4, 0.5) is 5.69 Å². The molecule has 2 unspecified atom stereocenters. The predicted molar refractivity (Wildman–Crippen MR) is 129 cm³/mol. The molecule has 3 aromatic rings. The summed E-state index contributed by atoms with van der Waals surface area (Å²) in [5.41, 5.74) is 1.33. The summed E-state index contributed by atoms with van der Waals surface area (Å²) in [6.07, 6.45) is 0. The van der Waals surface area contributed by atoms with Gasteiger partial charge in [-0.25, -0.2) is 0 Å². The molecule has 1 amide bonds. The lowest BCUT2D eigenvalue weighted by Crippen LogP contribution is -2.23. The van der Waals surface area contributed by atoms with Gasteiger partial charge in [0, 0.05) is 10.7 Å². The van der Waals surface area contributed by atoms with Crippen LogP contribution in [0.15, 0.2) is 47.6 Å². The van der Waals surface area contributed by atoms with Crippen molar-refractivity contribution in [2.24, 2.45) is 0 Å². The molecule has 0 bridgehead atoms. The summed E-state index contributed by atoms with van der Waals surface area (Å²) in [4.78, 5) is 14.8. The van der Waals surface area contributed by atoms with E-state index in [1.807, 2.05) is 54.8 Å². The van der Waals surface area contributed by atoms with E-state index >= 15 is 0 Å². The number of aromatic nitrogens is 3. The third-order valence-corrected chi connectivity index (χ3v) is 6.87. The van der Waals surface area contributed by atoms with Crippen LogP contribution in [0.1, 0.15) is 25.7 Å². The number of carbonyl (C=O) groups excluding carboxylic acids is 1. The van der Waals surface area contributed by atoms with E-state index in [0.717, 1.165) is 11.5 Å². The summed E-state index contributed by atoms with van der Waals surface area (Å²) < 4.78 is 1.95. The standard InChI is InChI=1S/C21H22Cl3N5OS/c1-12(28(3)4)19-26-27-21(29(19)15-10-8-14(22)9-11-15)31-13(2)20(30)25-17-7-5-6-16(23)18(17)24/h5-13H,1-4H3,(H,25,30). The predicted octanol–water partition coefficient (Wildman–Crippen LogP) is 5.97. The maximum Gasteiger partial charge on any atom is 0.237 e. The number of nitrogens with one attached hydrogen (secondary N) is 1. The van der Waals surface area contributed by atoms with E-state index in [9.17, 15) is 4.79 Å². The molecular weight excluding hydrogens is 477 g/mol.